The predicted octanol–water partition coefficient (Wildman–Crippen LogP) is 2.84. The first-order chi connectivity index (χ1) is 8.84. The maximum Gasteiger partial charge on any atom is 0.322 e. The zero-order chi connectivity index (χ0) is 14.6. The normalized spacial score (nSPS) is 15.9. The van der Waals surface area contributed by atoms with Crippen molar-refractivity contribution in [3.05, 3.63) is 35.6 Å². The lowest BCUT2D eigenvalue weighted by Gasteiger charge is -2.28. The summed E-state index contributed by atoms with van der Waals surface area (Å²) < 4.78 is 19.2. The molecule has 1 aromatic rings. The molecule has 106 valence electrons. The van der Waals surface area contributed by atoms with E-state index in [0.717, 1.165) is 0 Å². The van der Waals surface area contributed by atoms with Crippen LogP contribution in [0.3, 0.4) is 0 Å². The molecule has 0 heterocycles. The van der Waals surface area contributed by atoms with E-state index in [1.54, 1.807) is 32.0 Å². The molecule has 2 N–H and O–H groups in total. The third-order valence-electron chi connectivity index (χ3n) is 3.16. The molecule has 1 rings (SSSR count). The minimum atomic E-state index is -0.670. The largest absolute Gasteiger partial charge is 0.461 e. The molecular weight excluding hydrogens is 245 g/mol. The highest BCUT2D eigenvalue weighted by Crippen LogP contribution is 2.31. The summed E-state index contributed by atoms with van der Waals surface area (Å²) in [5, 5.41) is 0. The Balaban J connectivity index is 2.96. The molecule has 19 heavy (non-hydrogen) atoms. The van der Waals surface area contributed by atoms with Gasteiger partial charge in [-0.25, -0.2) is 4.39 Å². The number of nitrogens with two attached hydrogens (primary N) is 1. The molecule has 3 atom stereocenters. The van der Waals surface area contributed by atoms with Gasteiger partial charge in [0.25, 0.3) is 0 Å². The van der Waals surface area contributed by atoms with Crippen LogP contribution in [-0.2, 0) is 9.53 Å². The Kier molecular flexibility index (Phi) is 5.48. The number of ether oxygens (including phenoxy) is 1. The van der Waals surface area contributed by atoms with Gasteiger partial charge in [-0.2, -0.15) is 0 Å². The highest BCUT2D eigenvalue weighted by molar-refractivity contribution is 5.75. The number of rotatable bonds is 5. The van der Waals surface area contributed by atoms with Gasteiger partial charge in [-0.05, 0) is 31.4 Å². The van der Waals surface area contributed by atoms with E-state index < -0.39 is 18.1 Å². The Morgan fingerprint density at radius 3 is 2.26 bits per heavy atom. The van der Waals surface area contributed by atoms with Crippen LogP contribution in [0.1, 0.15) is 39.2 Å². The fourth-order valence-electron chi connectivity index (χ4n) is 2.26. The first-order valence-corrected chi connectivity index (χ1v) is 6.55. The maximum absolute atomic E-state index is 13.9. The van der Waals surface area contributed by atoms with E-state index in [0.29, 0.717) is 5.56 Å². The summed E-state index contributed by atoms with van der Waals surface area (Å²) in [5.74, 6) is -0.781. The van der Waals surface area contributed by atoms with Gasteiger partial charge < -0.3 is 10.5 Å². The molecule has 0 radical (unpaired) electrons. The lowest BCUT2D eigenvalue weighted by molar-refractivity contribution is -0.151. The number of benzene rings is 1. The van der Waals surface area contributed by atoms with Crippen molar-refractivity contribution in [1.82, 2.24) is 0 Å². The van der Waals surface area contributed by atoms with Crippen LogP contribution in [0.2, 0.25) is 0 Å². The van der Waals surface area contributed by atoms with Crippen molar-refractivity contribution in [2.24, 2.45) is 11.7 Å². The van der Waals surface area contributed by atoms with Crippen LogP contribution < -0.4 is 5.73 Å². The Hall–Kier alpha value is -1.42. The van der Waals surface area contributed by atoms with Crippen LogP contribution in [0.4, 0.5) is 4.39 Å². The van der Waals surface area contributed by atoms with Crippen LogP contribution in [0.25, 0.3) is 0 Å². The predicted molar refractivity (Wildman–Crippen MR) is 73.2 cm³/mol. The minimum absolute atomic E-state index is 0.146. The molecule has 3 nitrogen and oxygen atoms in total. The first kappa shape index (κ1) is 15.6. The lowest BCUT2D eigenvalue weighted by Crippen LogP contribution is -2.34. The molecule has 0 amide bonds. The van der Waals surface area contributed by atoms with Gasteiger partial charge in [0.15, 0.2) is 0 Å². The highest BCUT2D eigenvalue weighted by atomic mass is 19.1. The van der Waals surface area contributed by atoms with Crippen molar-refractivity contribution in [2.75, 3.05) is 0 Å². The number of esters is 1. The van der Waals surface area contributed by atoms with Gasteiger partial charge in [-0.15, -0.1) is 0 Å². The number of hydrogen-bond acceptors (Lipinski definition) is 3. The van der Waals surface area contributed by atoms with Crippen molar-refractivity contribution in [1.29, 1.82) is 0 Å². The van der Waals surface area contributed by atoms with Crippen LogP contribution in [0, 0.1) is 11.7 Å². The molecule has 0 spiro atoms. The third-order valence-corrected chi connectivity index (χ3v) is 3.16. The van der Waals surface area contributed by atoms with Gasteiger partial charge in [0.1, 0.15) is 18.0 Å². The fourth-order valence-corrected chi connectivity index (χ4v) is 2.26. The molecule has 1 aromatic carbocycles. The van der Waals surface area contributed by atoms with Crippen molar-refractivity contribution < 1.29 is 13.9 Å². The lowest BCUT2D eigenvalue weighted by atomic mass is 9.84. The summed E-state index contributed by atoms with van der Waals surface area (Å²) in [6.07, 6.45) is -0.421. The monoisotopic (exact) mass is 267 g/mol. The highest BCUT2D eigenvalue weighted by Gasteiger charge is 2.28. The van der Waals surface area contributed by atoms with Crippen molar-refractivity contribution in [3.8, 4) is 0 Å². The van der Waals surface area contributed by atoms with Crippen LogP contribution in [-0.4, -0.2) is 18.1 Å². The molecule has 0 unspecified atom stereocenters. The van der Waals surface area contributed by atoms with Crippen molar-refractivity contribution in [2.45, 2.75) is 45.8 Å². The number of halogens is 1. The summed E-state index contributed by atoms with van der Waals surface area (Å²) >= 11 is 0. The van der Waals surface area contributed by atoms with Gasteiger partial charge in [0, 0.05) is 5.92 Å². The first-order valence-electron chi connectivity index (χ1n) is 6.55. The van der Waals surface area contributed by atoms with Gasteiger partial charge >= 0.3 is 5.97 Å². The number of carbonyl (C=O) groups excluding carboxylic acids is 1. The Labute approximate surface area is 113 Å². The number of carbonyl (C=O) groups is 1. The third kappa shape index (κ3) is 4.03. The summed E-state index contributed by atoms with van der Waals surface area (Å²) in [6, 6.07) is 5.92. The van der Waals surface area contributed by atoms with Crippen molar-refractivity contribution >= 4 is 5.97 Å². The van der Waals surface area contributed by atoms with Crippen LogP contribution in [0.5, 0.6) is 0 Å². The maximum atomic E-state index is 13.9. The van der Waals surface area contributed by atoms with Gasteiger partial charge in [0.2, 0.25) is 0 Å². The number of hydrogen-bond donors (Lipinski definition) is 1. The minimum Gasteiger partial charge on any atom is -0.461 e. The van der Waals surface area contributed by atoms with Crippen LogP contribution >= 0.6 is 0 Å². The van der Waals surface area contributed by atoms with E-state index in [4.69, 9.17) is 10.5 Å². The summed E-state index contributed by atoms with van der Waals surface area (Å²) in [4.78, 5) is 11.6. The topological polar surface area (TPSA) is 52.3 Å². The fraction of sp³-hybridized carbons (Fsp3) is 0.533. The summed E-state index contributed by atoms with van der Waals surface area (Å²) in [6.45, 7) is 7.31. The molecule has 0 fully saturated rings. The Morgan fingerprint density at radius 1 is 1.21 bits per heavy atom. The Bertz CT molecular complexity index is 432. The quantitative estimate of drug-likeness (QED) is 0.835. The smallest absolute Gasteiger partial charge is 0.322 e. The summed E-state index contributed by atoms with van der Waals surface area (Å²) in [7, 11) is 0. The van der Waals surface area contributed by atoms with E-state index >= 15 is 0 Å². The summed E-state index contributed by atoms with van der Waals surface area (Å²) in [5.41, 5.74) is 6.05. The van der Waals surface area contributed by atoms with E-state index in [1.807, 2.05) is 13.8 Å². The van der Waals surface area contributed by atoms with Crippen LogP contribution in [0.15, 0.2) is 24.3 Å². The Morgan fingerprint density at radius 2 is 1.79 bits per heavy atom. The average molecular weight is 267 g/mol. The van der Waals surface area contributed by atoms with E-state index in [-0.39, 0.29) is 17.7 Å². The second-order valence-electron chi connectivity index (χ2n) is 5.22. The molecule has 0 saturated heterocycles. The zero-order valence-electron chi connectivity index (χ0n) is 11.9. The molecule has 0 aliphatic heterocycles. The second-order valence-corrected chi connectivity index (χ2v) is 5.22. The van der Waals surface area contributed by atoms with Gasteiger partial charge in [-0.1, -0.05) is 32.0 Å². The van der Waals surface area contributed by atoms with Gasteiger partial charge in [-0.3, -0.25) is 4.79 Å². The van der Waals surface area contributed by atoms with E-state index in [1.165, 1.54) is 6.07 Å². The molecular formula is C15H22FNO2. The standard InChI is InChI=1S/C15H22FNO2/c1-9(2)14(11(4)19-15(18)10(3)17)12-7-5-6-8-13(12)16/h5-11,14H,17H2,1-4H3/t10-,11-,14+/m0/s1. The molecule has 0 aromatic heterocycles. The molecule has 0 aliphatic rings. The van der Waals surface area contributed by atoms with Gasteiger partial charge in [0.05, 0.1) is 0 Å². The molecule has 0 bridgehead atoms. The van der Waals surface area contributed by atoms with E-state index in [9.17, 15) is 9.18 Å². The zero-order valence-corrected chi connectivity index (χ0v) is 11.9. The molecule has 0 aliphatic carbocycles. The van der Waals surface area contributed by atoms with Crippen molar-refractivity contribution in [3.63, 3.8) is 0 Å². The SMILES string of the molecule is CC(C)[C@@H](c1ccccc1F)[C@H](C)OC(=O)[C@H](C)N. The second kappa shape index (κ2) is 6.66. The van der Waals surface area contributed by atoms with E-state index in [2.05, 4.69) is 0 Å². The molecule has 4 heteroatoms. The average Bonchev–Trinajstić information content (AvgIpc) is 2.31. The molecule has 0 saturated carbocycles.